The molecule has 23 heavy (non-hydrogen) atoms. The molecule has 0 fully saturated rings. The third-order valence-electron chi connectivity index (χ3n) is 4.37. The predicted molar refractivity (Wildman–Crippen MR) is 98.3 cm³/mol. The van der Waals surface area contributed by atoms with Crippen LogP contribution in [0.25, 0.3) is 16.9 Å². The van der Waals surface area contributed by atoms with Crippen molar-refractivity contribution in [3.63, 3.8) is 0 Å². The normalized spacial score (nSPS) is 13.0. The summed E-state index contributed by atoms with van der Waals surface area (Å²) in [4.78, 5) is 0. The Labute approximate surface area is 144 Å². The topological polar surface area (TPSA) is 29.9 Å². The van der Waals surface area contributed by atoms with Crippen molar-refractivity contribution in [3.05, 3.63) is 64.1 Å². The number of halogens is 1. The minimum Gasteiger partial charge on any atom is -0.369 e. The summed E-state index contributed by atoms with van der Waals surface area (Å²) in [5, 5.41) is 8.40. The third kappa shape index (κ3) is 2.47. The lowest BCUT2D eigenvalue weighted by Crippen LogP contribution is -2.04. The van der Waals surface area contributed by atoms with Crippen molar-refractivity contribution in [3.8, 4) is 16.9 Å². The number of rotatable bonds is 3. The number of nitrogens with one attached hydrogen (secondary N) is 1. The largest absolute Gasteiger partial charge is 0.369 e. The smallest absolute Gasteiger partial charge is 0.133 e. The van der Waals surface area contributed by atoms with Gasteiger partial charge in [0.2, 0.25) is 0 Å². The second-order valence-corrected chi connectivity index (χ2v) is 6.62. The van der Waals surface area contributed by atoms with Crippen molar-refractivity contribution >= 4 is 21.7 Å². The van der Waals surface area contributed by atoms with Crippen molar-refractivity contribution in [2.45, 2.75) is 19.8 Å². The van der Waals surface area contributed by atoms with E-state index in [1.54, 1.807) is 0 Å². The molecule has 3 aromatic rings. The average molecular weight is 368 g/mol. The standard InChI is InChI=1S/C19H18BrN3/c1-2-13-7-9-14(10-8-13)23-19-16(11-12-21-19)18(22-23)15-5-3-4-6-17(15)20/h3-10,21H,2,11-12H2,1H3. The summed E-state index contributed by atoms with van der Waals surface area (Å²) < 4.78 is 3.12. The van der Waals surface area contributed by atoms with Crippen LogP contribution in [0.15, 0.2) is 53.0 Å². The minimum absolute atomic E-state index is 0.970. The highest BCUT2D eigenvalue weighted by Crippen LogP contribution is 2.37. The second kappa shape index (κ2) is 5.85. The Bertz CT molecular complexity index is 850. The van der Waals surface area contributed by atoms with Gasteiger partial charge in [0, 0.05) is 22.1 Å². The molecule has 0 aliphatic carbocycles. The fourth-order valence-corrected chi connectivity index (χ4v) is 3.58. The van der Waals surface area contributed by atoms with E-state index in [9.17, 15) is 0 Å². The van der Waals surface area contributed by atoms with E-state index in [-0.39, 0.29) is 0 Å². The lowest BCUT2D eigenvalue weighted by Gasteiger charge is -2.07. The molecular formula is C19H18BrN3. The third-order valence-corrected chi connectivity index (χ3v) is 5.06. The zero-order chi connectivity index (χ0) is 15.8. The van der Waals surface area contributed by atoms with Crippen molar-refractivity contribution in [2.75, 3.05) is 11.9 Å². The van der Waals surface area contributed by atoms with E-state index in [0.29, 0.717) is 0 Å². The van der Waals surface area contributed by atoms with E-state index in [1.165, 1.54) is 11.1 Å². The summed E-state index contributed by atoms with van der Waals surface area (Å²) in [5.41, 5.74) is 5.97. The Morgan fingerprint density at radius 2 is 1.91 bits per heavy atom. The molecule has 0 saturated heterocycles. The molecule has 1 aliphatic rings. The van der Waals surface area contributed by atoms with Gasteiger partial charge in [0.1, 0.15) is 5.82 Å². The summed E-state index contributed by atoms with van der Waals surface area (Å²) in [7, 11) is 0. The molecule has 0 unspecified atom stereocenters. The highest BCUT2D eigenvalue weighted by atomic mass is 79.9. The van der Waals surface area contributed by atoms with Crippen LogP contribution < -0.4 is 5.32 Å². The van der Waals surface area contributed by atoms with Crippen LogP contribution in [0.5, 0.6) is 0 Å². The molecule has 4 rings (SSSR count). The Morgan fingerprint density at radius 1 is 1.13 bits per heavy atom. The van der Waals surface area contributed by atoms with Gasteiger partial charge < -0.3 is 5.32 Å². The van der Waals surface area contributed by atoms with Crippen molar-refractivity contribution < 1.29 is 0 Å². The molecule has 3 nitrogen and oxygen atoms in total. The number of hydrogen-bond donors (Lipinski definition) is 1. The van der Waals surface area contributed by atoms with Gasteiger partial charge in [-0.3, -0.25) is 0 Å². The Kier molecular flexibility index (Phi) is 3.69. The molecule has 116 valence electrons. The van der Waals surface area contributed by atoms with Gasteiger partial charge in [0.05, 0.1) is 11.4 Å². The van der Waals surface area contributed by atoms with Crippen LogP contribution in [0.2, 0.25) is 0 Å². The second-order valence-electron chi connectivity index (χ2n) is 5.76. The van der Waals surface area contributed by atoms with Gasteiger partial charge in [-0.1, -0.05) is 53.2 Å². The molecule has 0 spiro atoms. The van der Waals surface area contributed by atoms with Crippen LogP contribution in [-0.2, 0) is 12.8 Å². The maximum absolute atomic E-state index is 4.91. The number of benzene rings is 2. The number of nitrogens with zero attached hydrogens (tertiary/aromatic N) is 2. The minimum atomic E-state index is 0.970. The molecule has 0 radical (unpaired) electrons. The van der Waals surface area contributed by atoms with Gasteiger partial charge in [-0.25, -0.2) is 4.68 Å². The van der Waals surface area contributed by atoms with Crippen LogP contribution in [-0.4, -0.2) is 16.3 Å². The number of aromatic nitrogens is 2. The molecule has 0 amide bonds. The summed E-state index contributed by atoms with van der Waals surface area (Å²) in [6, 6.07) is 16.9. The monoisotopic (exact) mass is 367 g/mol. The molecule has 0 bridgehead atoms. The number of fused-ring (bicyclic) bond motifs is 1. The number of hydrogen-bond acceptors (Lipinski definition) is 2. The SMILES string of the molecule is CCc1ccc(-n2nc(-c3ccccc3Br)c3c2NCC3)cc1. The van der Waals surface area contributed by atoms with Crippen LogP contribution in [0.4, 0.5) is 5.82 Å². The lowest BCUT2D eigenvalue weighted by molar-refractivity contribution is 0.881. The number of anilines is 1. The Morgan fingerprint density at radius 3 is 2.65 bits per heavy atom. The van der Waals surface area contributed by atoms with Gasteiger partial charge >= 0.3 is 0 Å². The highest BCUT2D eigenvalue weighted by molar-refractivity contribution is 9.10. The first-order valence-corrected chi connectivity index (χ1v) is 8.77. The van der Waals surface area contributed by atoms with Gasteiger partial charge in [0.15, 0.2) is 0 Å². The van der Waals surface area contributed by atoms with Gasteiger partial charge in [-0.2, -0.15) is 5.10 Å². The molecule has 4 heteroatoms. The Balaban J connectivity index is 1.86. The van der Waals surface area contributed by atoms with E-state index in [1.807, 2.05) is 10.7 Å². The van der Waals surface area contributed by atoms with E-state index in [0.717, 1.165) is 46.6 Å². The molecule has 2 aromatic carbocycles. The van der Waals surface area contributed by atoms with Gasteiger partial charge in [-0.15, -0.1) is 0 Å². The van der Waals surface area contributed by atoms with E-state index < -0.39 is 0 Å². The summed E-state index contributed by atoms with van der Waals surface area (Å²) in [6.07, 6.45) is 2.07. The van der Waals surface area contributed by atoms with Crippen molar-refractivity contribution in [2.24, 2.45) is 0 Å². The first kappa shape index (κ1) is 14.5. The first-order valence-electron chi connectivity index (χ1n) is 7.98. The molecule has 0 saturated carbocycles. The zero-order valence-electron chi connectivity index (χ0n) is 13.0. The van der Waals surface area contributed by atoms with E-state index in [2.05, 4.69) is 70.6 Å². The maximum Gasteiger partial charge on any atom is 0.133 e. The fraction of sp³-hybridized carbons (Fsp3) is 0.211. The van der Waals surface area contributed by atoms with Crippen LogP contribution >= 0.6 is 15.9 Å². The molecule has 1 N–H and O–H groups in total. The predicted octanol–water partition coefficient (Wildman–Crippen LogP) is 4.83. The highest BCUT2D eigenvalue weighted by Gasteiger charge is 2.24. The van der Waals surface area contributed by atoms with Gasteiger partial charge in [-0.05, 0) is 36.6 Å². The summed E-state index contributed by atoms with van der Waals surface area (Å²) in [5.74, 6) is 1.13. The van der Waals surface area contributed by atoms with Crippen LogP contribution in [0.3, 0.4) is 0 Å². The molecular weight excluding hydrogens is 350 g/mol. The molecule has 1 aliphatic heterocycles. The quantitative estimate of drug-likeness (QED) is 0.718. The van der Waals surface area contributed by atoms with Crippen molar-refractivity contribution in [1.82, 2.24) is 9.78 Å². The van der Waals surface area contributed by atoms with E-state index in [4.69, 9.17) is 5.10 Å². The van der Waals surface area contributed by atoms with Crippen LogP contribution in [0, 0.1) is 0 Å². The van der Waals surface area contributed by atoms with Crippen LogP contribution in [0.1, 0.15) is 18.1 Å². The molecule has 1 aromatic heterocycles. The fourth-order valence-electron chi connectivity index (χ4n) is 3.10. The Hall–Kier alpha value is -2.07. The average Bonchev–Trinajstić information content (AvgIpc) is 3.18. The zero-order valence-corrected chi connectivity index (χ0v) is 14.6. The lowest BCUT2D eigenvalue weighted by atomic mass is 10.1. The number of aryl methyl sites for hydroxylation is 1. The van der Waals surface area contributed by atoms with E-state index >= 15 is 0 Å². The van der Waals surface area contributed by atoms with Crippen molar-refractivity contribution in [1.29, 1.82) is 0 Å². The summed E-state index contributed by atoms with van der Waals surface area (Å²) in [6.45, 7) is 3.14. The molecule has 0 atom stereocenters. The summed E-state index contributed by atoms with van der Waals surface area (Å²) >= 11 is 3.66. The maximum atomic E-state index is 4.91. The van der Waals surface area contributed by atoms with Gasteiger partial charge in [0.25, 0.3) is 0 Å². The molecule has 2 heterocycles. The first-order chi connectivity index (χ1) is 11.3.